The maximum Gasteiger partial charge on any atom is 0.0187 e. The predicted octanol–water partition coefficient (Wildman–Crippen LogP) is 5.61. The van der Waals surface area contributed by atoms with E-state index in [0.29, 0.717) is 0 Å². The molecule has 0 spiro atoms. The second kappa shape index (κ2) is 7.00. The van der Waals surface area contributed by atoms with E-state index in [9.17, 15) is 0 Å². The average Bonchev–Trinajstić information content (AvgIpc) is 2.41. The van der Waals surface area contributed by atoms with Crippen molar-refractivity contribution in [2.75, 3.05) is 12.0 Å². The standard InChI is InChI=1S/C18H24S/c1-14-7-4-5-9-16(14)11-12-17-10-6-8-15(2)18(17)13-19-3/h4-6,10,12H,7-9,11,13H2,1-3H3/b17-12-. The van der Waals surface area contributed by atoms with Crippen molar-refractivity contribution < 1.29 is 0 Å². The number of rotatable bonds is 4. The quantitative estimate of drug-likeness (QED) is 0.599. The lowest BCUT2D eigenvalue weighted by atomic mass is 9.91. The SMILES string of the molecule is CSCC1=C(C)CC=C/C1=C/CC1=C(C)CC=CC1. The number of allylic oxidation sites excluding steroid dienone is 9. The topological polar surface area (TPSA) is 0 Å². The first-order valence-corrected chi connectivity index (χ1v) is 8.49. The Hall–Kier alpha value is -0.950. The van der Waals surface area contributed by atoms with Crippen molar-refractivity contribution in [3.05, 3.63) is 58.2 Å². The van der Waals surface area contributed by atoms with Gasteiger partial charge in [-0.05, 0) is 56.9 Å². The van der Waals surface area contributed by atoms with Crippen molar-refractivity contribution in [1.82, 2.24) is 0 Å². The molecule has 0 fully saturated rings. The minimum atomic E-state index is 1.11. The van der Waals surface area contributed by atoms with Crippen molar-refractivity contribution >= 4 is 11.8 Å². The molecule has 102 valence electrons. The highest BCUT2D eigenvalue weighted by Crippen LogP contribution is 2.29. The van der Waals surface area contributed by atoms with Crippen LogP contribution in [0.5, 0.6) is 0 Å². The molecule has 0 atom stereocenters. The van der Waals surface area contributed by atoms with E-state index in [1.54, 1.807) is 16.7 Å². The first-order chi connectivity index (χ1) is 9.22. The Bertz CT molecular complexity index is 484. The van der Waals surface area contributed by atoms with Gasteiger partial charge in [-0.3, -0.25) is 0 Å². The van der Waals surface area contributed by atoms with Gasteiger partial charge >= 0.3 is 0 Å². The summed E-state index contributed by atoms with van der Waals surface area (Å²) in [7, 11) is 0. The zero-order valence-corrected chi connectivity index (χ0v) is 13.1. The molecule has 0 bridgehead atoms. The molecular weight excluding hydrogens is 248 g/mol. The van der Waals surface area contributed by atoms with E-state index in [-0.39, 0.29) is 0 Å². The molecule has 19 heavy (non-hydrogen) atoms. The predicted molar refractivity (Wildman–Crippen MR) is 88.6 cm³/mol. The van der Waals surface area contributed by atoms with Crippen LogP contribution in [0.15, 0.2) is 58.2 Å². The maximum absolute atomic E-state index is 2.43. The second-order valence-electron chi connectivity index (χ2n) is 5.43. The fourth-order valence-corrected chi connectivity index (χ4v) is 3.37. The zero-order chi connectivity index (χ0) is 13.7. The van der Waals surface area contributed by atoms with Crippen molar-refractivity contribution in [3.63, 3.8) is 0 Å². The second-order valence-corrected chi connectivity index (χ2v) is 6.29. The molecule has 0 aromatic carbocycles. The van der Waals surface area contributed by atoms with Gasteiger partial charge in [-0.25, -0.2) is 0 Å². The summed E-state index contributed by atoms with van der Waals surface area (Å²) in [5, 5.41) is 0. The summed E-state index contributed by atoms with van der Waals surface area (Å²) >= 11 is 1.92. The number of hydrogen-bond acceptors (Lipinski definition) is 1. The maximum atomic E-state index is 2.43. The molecule has 2 aliphatic rings. The van der Waals surface area contributed by atoms with Crippen LogP contribution in [-0.2, 0) is 0 Å². The van der Waals surface area contributed by atoms with Crippen LogP contribution >= 0.6 is 11.8 Å². The van der Waals surface area contributed by atoms with E-state index in [1.807, 2.05) is 11.8 Å². The first kappa shape index (κ1) is 14.5. The first-order valence-electron chi connectivity index (χ1n) is 7.09. The van der Waals surface area contributed by atoms with Gasteiger partial charge in [0.25, 0.3) is 0 Å². The summed E-state index contributed by atoms with van der Waals surface area (Å²) in [4.78, 5) is 0. The zero-order valence-electron chi connectivity index (χ0n) is 12.3. The molecule has 2 aliphatic carbocycles. The third-order valence-electron chi connectivity index (χ3n) is 4.00. The molecule has 0 aromatic rings. The Kier molecular flexibility index (Phi) is 5.33. The molecule has 0 saturated heterocycles. The Morgan fingerprint density at radius 3 is 2.53 bits per heavy atom. The molecule has 0 aliphatic heterocycles. The smallest absolute Gasteiger partial charge is 0.0187 e. The molecule has 1 heteroatoms. The minimum Gasteiger partial charge on any atom is -0.161 e. The van der Waals surface area contributed by atoms with Crippen molar-refractivity contribution in [3.8, 4) is 0 Å². The van der Waals surface area contributed by atoms with Crippen LogP contribution in [-0.4, -0.2) is 12.0 Å². The van der Waals surface area contributed by atoms with E-state index in [2.05, 4.69) is 50.5 Å². The normalized spacial score (nSPS) is 21.7. The van der Waals surface area contributed by atoms with E-state index >= 15 is 0 Å². The highest BCUT2D eigenvalue weighted by Gasteiger charge is 2.10. The van der Waals surface area contributed by atoms with E-state index in [4.69, 9.17) is 0 Å². The number of hydrogen-bond donors (Lipinski definition) is 0. The summed E-state index contributed by atoms with van der Waals surface area (Å²) in [5.41, 5.74) is 7.71. The van der Waals surface area contributed by atoms with Crippen molar-refractivity contribution in [2.24, 2.45) is 0 Å². The Labute approximate surface area is 122 Å². The lowest BCUT2D eigenvalue weighted by Gasteiger charge is -2.17. The Morgan fingerprint density at radius 2 is 1.79 bits per heavy atom. The van der Waals surface area contributed by atoms with E-state index in [0.717, 1.165) is 31.4 Å². The molecule has 2 rings (SSSR count). The molecule has 0 unspecified atom stereocenters. The van der Waals surface area contributed by atoms with Gasteiger partial charge in [0, 0.05) is 5.75 Å². The van der Waals surface area contributed by atoms with Crippen LogP contribution < -0.4 is 0 Å². The monoisotopic (exact) mass is 272 g/mol. The molecule has 0 N–H and O–H groups in total. The van der Waals surface area contributed by atoms with Gasteiger partial charge in [0.2, 0.25) is 0 Å². The van der Waals surface area contributed by atoms with Gasteiger partial charge in [-0.2, -0.15) is 11.8 Å². The molecular formula is C18H24S. The van der Waals surface area contributed by atoms with Gasteiger partial charge in [0.1, 0.15) is 0 Å². The van der Waals surface area contributed by atoms with Gasteiger partial charge in [-0.15, -0.1) is 0 Å². The Morgan fingerprint density at radius 1 is 1.05 bits per heavy atom. The third kappa shape index (κ3) is 3.76. The van der Waals surface area contributed by atoms with Crippen LogP contribution in [0, 0.1) is 0 Å². The summed E-state index contributed by atoms with van der Waals surface area (Å²) in [6.07, 6.45) is 18.3. The summed E-state index contributed by atoms with van der Waals surface area (Å²) in [6.45, 7) is 4.55. The van der Waals surface area contributed by atoms with Crippen LogP contribution in [0.1, 0.15) is 39.5 Å². The van der Waals surface area contributed by atoms with E-state index in [1.165, 1.54) is 11.1 Å². The van der Waals surface area contributed by atoms with Gasteiger partial charge in [0.05, 0.1) is 0 Å². The molecule has 0 saturated carbocycles. The van der Waals surface area contributed by atoms with Gasteiger partial charge in [-0.1, -0.05) is 47.1 Å². The lowest BCUT2D eigenvalue weighted by Crippen LogP contribution is -2.00. The van der Waals surface area contributed by atoms with Crippen LogP contribution in [0.3, 0.4) is 0 Å². The molecule has 0 heterocycles. The third-order valence-corrected chi connectivity index (χ3v) is 4.58. The number of thioether (sulfide) groups is 1. The highest BCUT2D eigenvalue weighted by atomic mass is 32.2. The lowest BCUT2D eigenvalue weighted by molar-refractivity contribution is 0.976. The Balaban J connectivity index is 2.13. The van der Waals surface area contributed by atoms with Crippen LogP contribution in [0.2, 0.25) is 0 Å². The van der Waals surface area contributed by atoms with Crippen molar-refractivity contribution in [1.29, 1.82) is 0 Å². The van der Waals surface area contributed by atoms with Crippen molar-refractivity contribution in [2.45, 2.75) is 39.5 Å². The summed E-state index contributed by atoms with van der Waals surface area (Å²) < 4.78 is 0. The largest absolute Gasteiger partial charge is 0.161 e. The van der Waals surface area contributed by atoms with Gasteiger partial charge in [0.15, 0.2) is 0 Å². The van der Waals surface area contributed by atoms with Gasteiger partial charge < -0.3 is 0 Å². The molecule has 0 aromatic heterocycles. The molecule has 0 radical (unpaired) electrons. The fourth-order valence-electron chi connectivity index (χ4n) is 2.67. The molecule has 0 amide bonds. The average molecular weight is 272 g/mol. The van der Waals surface area contributed by atoms with Crippen LogP contribution in [0.4, 0.5) is 0 Å². The van der Waals surface area contributed by atoms with E-state index < -0.39 is 0 Å². The summed E-state index contributed by atoms with van der Waals surface area (Å²) in [5.74, 6) is 1.14. The van der Waals surface area contributed by atoms with Crippen LogP contribution in [0.25, 0.3) is 0 Å². The molecule has 0 nitrogen and oxygen atoms in total. The minimum absolute atomic E-state index is 1.11. The fraction of sp³-hybridized carbons (Fsp3) is 0.444. The summed E-state index contributed by atoms with van der Waals surface area (Å²) in [6, 6.07) is 0. The highest BCUT2D eigenvalue weighted by molar-refractivity contribution is 7.98.